The summed E-state index contributed by atoms with van der Waals surface area (Å²) in [6.07, 6.45) is 0.967. The molecule has 0 fully saturated rings. The van der Waals surface area contributed by atoms with Gasteiger partial charge in [0.15, 0.2) is 0 Å². The molecule has 0 aliphatic heterocycles. The number of nitrogens with zero attached hydrogens (tertiary/aromatic N) is 1. The lowest BCUT2D eigenvalue weighted by Crippen LogP contribution is -2.37. The molecule has 0 bridgehead atoms. The second kappa shape index (κ2) is 6.25. The Morgan fingerprint density at radius 3 is 2.70 bits per heavy atom. The summed E-state index contributed by atoms with van der Waals surface area (Å²) in [6.45, 7) is 9.51. The number of rotatable bonds is 4. The fourth-order valence-corrected chi connectivity index (χ4v) is 2.83. The largest absolute Gasteiger partial charge is 0.312 e. The van der Waals surface area contributed by atoms with Crippen molar-refractivity contribution in [1.29, 1.82) is 0 Å². The van der Waals surface area contributed by atoms with Crippen LogP contribution < -0.4 is 5.32 Å². The summed E-state index contributed by atoms with van der Waals surface area (Å²) in [4.78, 5) is 4.71. The van der Waals surface area contributed by atoms with E-state index in [1.165, 1.54) is 5.01 Å². The van der Waals surface area contributed by atoms with E-state index in [0.717, 1.165) is 34.8 Å². The zero-order valence-electron chi connectivity index (χ0n) is 12.5. The first-order valence-corrected chi connectivity index (χ1v) is 8.07. The third kappa shape index (κ3) is 4.30. The molecule has 0 saturated carbocycles. The van der Waals surface area contributed by atoms with Crippen LogP contribution in [0.3, 0.4) is 0 Å². The molecule has 0 atom stereocenters. The topological polar surface area (TPSA) is 24.9 Å². The molecule has 0 radical (unpaired) electrons. The quantitative estimate of drug-likeness (QED) is 0.885. The highest BCUT2D eigenvalue weighted by Gasteiger charge is 2.10. The predicted octanol–water partition coefficient (Wildman–Crippen LogP) is 4.70. The van der Waals surface area contributed by atoms with E-state index in [4.69, 9.17) is 16.6 Å². The van der Waals surface area contributed by atoms with Gasteiger partial charge in [0.05, 0.1) is 10.7 Å². The van der Waals surface area contributed by atoms with Crippen molar-refractivity contribution in [2.45, 2.75) is 39.7 Å². The molecule has 0 aliphatic carbocycles. The normalized spacial score (nSPS) is 11.8. The van der Waals surface area contributed by atoms with Crippen LogP contribution in [0.2, 0.25) is 5.02 Å². The number of thiazole rings is 1. The van der Waals surface area contributed by atoms with E-state index in [0.29, 0.717) is 0 Å². The molecule has 1 heterocycles. The Labute approximate surface area is 130 Å². The average molecular weight is 309 g/mol. The standard InChI is InChI=1S/C16H21ClN2S/c1-11-9-12(5-6-13(11)17)14-10-20-15(19-14)7-8-18-16(2,3)4/h5-6,9-10,18H,7-8H2,1-4H3. The third-order valence-corrected chi connectivity index (χ3v) is 4.33. The molecular weight excluding hydrogens is 288 g/mol. The monoisotopic (exact) mass is 308 g/mol. The SMILES string of the molecule is Cc1cc(-c2csc(CCNC(C)(C)C)n2)ccc1Cl. The van der Waals surface area contributed by atoms with Gasteiger partial charge in [-0.2, -0.15) is 0 Å². The molecule has 0 spiro atoms. The van der Waals surface area contributed by atoms with Crippen LogP contribution in [-0.4, -0.2) is 17.1 Å². The zero-order chi connectivity index (χ0) is 14.8. The minimum atomic E-state index is 0.160. The summed E-state index contributed by atoms with van der Waals surface area (Å²) in [5, 5.41) is 7.58. The summed E-state index contributed by atoms with van der Waals surface area (Å²) in [5.74, 6) is 0. The van der Waals surface area contributed by atoms with Crippen LogP contribution in [-0.2, 0) is 6.42 Å². The van der Waals surface area contributed by atoms with Gasteiger partial charge in [-0.1, -0.05) is 17.7 Å². The minimum Gasteiger partial charge on any atom is -0.312 e. The van der Waals surface area contributed by atoms with Crippen molar-refractivity contribution < 1.29 is 0 Å². The van der Waals surface area contributed by atoms with Crippen molar-refractivity contribution >= 4 is 22.9 Å². The Hall–Kier alpha value is -0.900. The smallest absolute Gasteiger partial charge is 0.0945 e. The highest BCUT2D eigenvalue weighted by Crippen LogP contribution is 2.26. The number of hydrogen-bond donors (Lipinski definition) is 1. The van der Waals surface area contributed by atoms with Crippen LogP contribution in [0.4, 0.5) is 0 Å². The molecule has 1 aromatic carbocycles. The lowest BCUT2D eigenvalue weighted by Gasteiger charge is -2.19. The first-order valence-electron chi connectivity index (χ1n) is 6.81. The van der Waals surface area contributed by atoms with Gasteiger partial charge >= 0.3 is 0 Å². The van der Waals surface area contributed by atoms with Crippen molar-refractivity contribution in [2.75, 3.05) is 6.54 Å². The molecule has 20 heavy (non-hydrogen) atoms. The maximum absolute atomic E-state index is 6.06. The van der Waals surface area contributed by atoms with Crippen LogP contribution in [0.5, 0.6) is 0 Å². The van der Waals surface area contributed by atoms with Gasteiger partial charge in [-0.05, 0) is 45.4 Å². The maximum Gasteiger partial charge on any atom is 0.0945 e. The molecule has 0 aliphatic rings. The molecule has 1 N–H and O–H groups in total. The van der Waals surface area contributed by atoms with E-state index in [-0.39, 0.29) is 5.54 Å². The van der Waals surface area contributed by atoms with Crippen LogP contribution in [0, 0.1) is 6.92 Å². The third-order valence-electron chi connectivity index (χ3n) is 3.00. The van der Waals surface area contributed by atoms with Gasteiger partial charge in [0, 0.05) is 34.5 Å². The van der Waals surface area contributed by atoms with Crippen molar-refractivity contribution in [3.05, 3.63) is 39.2 Å². The van der Waals surface area contributed by atoms with Crippen molar-refractivity contribution in [3.8, 4) is 11.3 Å². The molecular formula is C16H21ClN2S. The molecule has 2 aromatic rings. The van der Waals surface area contributed by atoms with Gasteiger partial charge in [-0.3, -0.25) is 0 Å². The number of aryl methyl sites for hydroxylation is 1. The minimum absolute atomic E-state index is 0.160. The molecule has 108 valence electrons. The predicted molar refractivity (Wildman–Crippen MR) is 88.8 cm³/mol. The lowest BCUT2D eigenvalue weighted by atomic mass is 10.1. The van der Waals surface area contributed by atoms with E-state index >= 15 is 0 Å². The summed E-state index contributed by atoms with van der Waals surface area (Å²) in [7, 11) is 0. The van der Waals surface area contributed by atoms with Crippen molar-refractivity contribution in [1.82, 2.24) is 10.3 Å². The Balaban J connectivity index is 2.03. The molecule has 2 nitrogen and oxygen atoms in total. The Morgan fingerprint density at radius 2 is 2.05 bits per heavy atom. The molecule has 0 amide bonds. The van der Waals surface area contributed by atoms with E-state index in [2.05, 4.69) is 37.5 Å². The van der Waals surface area contributed by atoms with Crippen LogP contribution in [0.1, 0.15) is 31.3 Å². The molecule has 0 unspecified atom stereocenters. The second-order valence-corrected chi connectivity index (χ2v) is 7.37. The zero-order valence-corrected chi connectivity index (χ0v) is 14.0. The highest BCUT2D eigenvalue weighted by molar-refractivity contribution is 7.09. The number of benzene rings is 1. The van der Waals surface area contributed by atoms with Gasteiger partial charge in [0.25, 0.3) is 0 Å². The summed E-state index contributed by atoms with van der Waals surface area (Å²) in [5.41, 5.74) is 3.43. The van der Waals surface area contributed by atoms with E-state index in [1.54, 1.807) is 11.3 Å². The molecule has 1 aromatic heterocycles. The summed E-state index contributed by atoms with van der Waals surface area (Å²) < 4.78 is 0. The van der Waals surface area contributed by atoms with Crippen LogP contribution >= 0.6 is 22.9 Å². The van der Waals surface area contributed by atoms with Crippen molar-refractivity contribution in [3.63, 3.8) is 0 Å². The summed E-state index contributed by atoms with van der Waals surface area (Å²) >= 11 is 7.78. The van der Waals surface area contributed by atoms with Crippen molar-refractivity contribution in [2.24, 2.45) is 0 Å². The number of nitrogens with one attached hydrogen (secondary N) is 1. The lowest BCUT2D eigenvalue weighted by molar-refractivity contribution is 0.429. The van der Waals surface area contributed by atoms with Gasteiger partial charge in [0.2, 0.25) is 0 Å². The fourth-order valence-electron chi connectivity index (χ4n) is 1.91. The van der Waals surface area contributed by atoms with Crippen LogP contribution in [0.15, 0.2) is 23.6 Å². The number of hydrogen-bond acceptors (Lipinski definition) is 3. The first kappa shape index (κ1) is 15.5. The first-order chi connectivity index (χ1) is 9.35. The van der Waals surface area contributed by atoms with Gasteiger partial charge in [-0.25, -0.2) is 4.98 Å². The van der Waals surface area contributed by atoms with E-state index in [9.17, 15) is 0 Å². The Morgan fingerprint density at radius 1 is 1.30 bits per heavy atom. The molecule has 4 heteroatoms. The van der Waals surface area contributed by atoms with Gasteiger partial charge in [0.1, 0.15) is 0 Å². The highest BCUT2D eigenvalue weighted by atomic mass is 35.5. The molecule has 0 saturated heterocycles. The number of halogens is 1. The second-order valence-electron chi connectivity index (χ2n) is 6.02. The van der Waals surface area contributed by atoms with Gasteiger partial charge in [-0.15, -0.1) is 11.3 Å². The Kier molecular flexibility index (Phi) is 4.84. The van der Waals surface area contributed by atoms with E-state index < -0.39 is 0 Å². The fraction of sp³-hybridized carbons (Fsp3) is 0.438. The Bertz CT molecular complexity index is 584. The van der Waals surface area contributed by atoms with Gasteiger partial charge < -0.3 is 5.32 Å². The molecule has 2 rings (SSSR count). The van der Waals surface area contributed by atoms with E-state index in [1.807, 2.05) is 19.1 Å². The average Bonchev–Trinajstić information content (AvgIpc) is 2.80. The maximum atomic E-state index is 6.06. The summed E-state index contributed by atoms with van der Waals surface area (Å²) in [6, 6.07) is 6.06. The van der Waals surface area contributed by atoms with Crippen LogP contribution in [0.25, 0.3) is 11.3 Å². The number of aromatic nitrogens is 1.